The van der Waals surface area contributed by atoms with E-state index in [-0.39, 0.29) is 11.2 Å². The molecule has 0 N–H and O–H groups in total. The molecular formula is C18H25NO. The summed E-state index contributed by atoms with van der Waals surface area (Å²) in [6.45, 7) is 2.12. The fourth-order valence-electron chi connectivity index (χ4n) is 2.84. The molecule has 1 fully saturated rings. The first-order chi connectivity index (χ1) is 9.51. The summed E-state index contributed by atoms with van der Waals surface area (Å²) < 4.78 is 0. The topological polar surface area (TPSA) is 20.3 Å². The number of nitrogens with zero attached hydrogens (tertiary/aromatic N) is 1. The van der Waals surface area contributed by atoms with Gasteiger partial charge in [0, 0.05) is 25.2 Å². The molecule has 0 unspecified atom stereocenters. The van der Waals surface area contributed by atoms with Crippen molar-refractivity contribution in [1.82, 2.24) is 0 Å². The van der Waals surface area contributed by atoms with Crippen LogP contribution in [0.25, 0.3) is 6.08 Å². The van der Waals surface area contributed by atoms with Crippen LogP contribution in [0.2, 0.25) is 0 Å². The van der Waals surface area contributed by atoms with Gasteiger partial charge in [-0.15, -0.1) is 0 Å². The van der Waals surface area contributed by atoms with E-state index in [0.717, 1.165) is 18.4 Å². The predicted octanol–water partition coefficient (Wildman–Crippen LogP) is 4.31. The molecule has 0 aromatic heterocycles. The van der Waals surface area contributed by atoms with Crippen molar-refractivity contribution in [3.63, 3.8) is 0 Å². The minimum Gasteiger partial charge on any atom is -0.378 e. The maximum atomic E-state index is 12.4. The van der Waals surface area contributed by atoms with Crippen LogP contribution in [0.5, 0.6) is 0 Å². The number of hydrogen-bond acceptors (Lipinski definition) is 2. The van der Waals surface area contributed by atoms with Crippen LogP contribution < -0.4 is 4.90 Å². The van der Waals surface area contributed by atoms with E-state index in [0.29, 0.717) is 0 Å². The Labute approximate surface area is 122 Å². The Hall–Kier alpha value is -1.57. The monoisotopic (exact) mass is 271 g/mol. The zero-order chi connectivity index (χ0) is 14.6. The Kier molecular flexibility index (Phi) is 4.64. The number of carbonyl (C=O) groups is 1. The summed E-state index contributed by atoms with van der Waals surface area (Å²) >= 11 is 0. The first-order valence-electron chi connectivity index (χ1n) is 7.51. The molecule has 2 rings (SSSR count). The van der Waals surface area contributed by atoms with Crippen molar-refractivity contribution in [2.24, 2.45) is 5.41 Å². The van der Waals surface area contributed by atoms with Crippen LogP contribution in [0.1, 0.15) is 44.6 Å². The molecule has 0 spiro atoms. The van der Waals surface area contributed by atoms with Crippen molar-refractivity contribution in [2.75, 3.05) is 19.0 Å². The summed E-state index contributed by atoms with van der Waals surface area (Å²) in [5.74, 6) is 0.286. The molecule has 1 aromatic carbocycles. The summed E-state index contributed by atoms with van der Waals surface area (Å²) in [5.41, 5.74) is 2.13. The molecule has 108 valence electrons. The van der Waals surface area contributed by atoms with Crippen molar-refractivity contribution >= 4 is 17.5 Å². The Balaban J connectivity index is 2.03. The van der Waals surface area contributed by atoms with E-state index in [1.807, 2.05) is 20.2 Å². The Bertz CT molecular complexity index is 479. The van der Waals surface area contributed by atoms with Crippen LogP contribution in [-0.4, -0.2) is 19.9 Å². The second-order valence-electron chi connectivity index (χ2n) is 6.30. The van der Waals surface area contributed by atoms with Crippen molar-refractivity contribution < 1.29 is 4.79 Å². The third-order valence-electron chi connectivity index (χ3n) is 4.39. The molecule has 0 radical (unpaired) electrons. The molecule has 1 saturated carbocycles. The molecule has 20 heavy (non-hydrogen) atoms. The lowest BCUT2D eigenvalue weighted by Gasteiger charge is -2.30. The quantitative estimate of drug-likeness (QED) is 0.761. The Morgan fingerprint density at radius 2 is 1.70 bits per heavy atom. The standard InChI is InChI=1S/C18H25NO/c1-18(13-5-4-6-14-18)17(20)12-9-15-7-10-16(11-8-15)19(2)3/h7-12H,4-6,13-14H2,1-3H3/b12-9+. The second kappa shape index (κ2) is 6.25. The molecule has 0 amide bonds. The molecule has 0 saturated heterocycles. The average Bonchev–Trinajstić information content (AvgIpc) is 2.46. The van der Waals surface area contributed by atoms with Gasteiger partial charge in [-0.2, -0.15) is 0 Å². The van der Waals surface area contributed by atoms with E-state index in [2.05, 4.69) is 36.1 Å². The number of benzene rings is 1. The lowest BCUT2D eigenvalue weighted by molar-refractivity contribution is -0.124. The van der Waals surface area contributed by atoms with Gasteiger partial charge in [0.05, 0.1) is 0 Å². The van der Waals surface area contributed by atoms with Gasteiger partial charge in [-0.05, 0) is 36.6 Å². The third-order valence-corrected chi connectivity index (χ3v) is 4.39. The lowest BCUT2D eigenvalue weighted by Crippen LogP contribution is -2.28. The number of hydrogen-bond donors (Lipinski definition) is 0. The number of rotatable bonds is 4. The minimum atomic E-state index is -0.127. The SMILES string of the molecule is CN(C)c1ccc(/C=C/C(=O)C2(C)CCCCC2)cc1. The summed E-state index contributed by atoms with van der Waals surface area (Å²) in [6.07, 6.45) is 9.45. The van der Waals surface area contributed by atoms with Crippen LogP contribution in [0.4, 0.5) is 5.69 Å². The highest BCUT2D eigenvalue weighted by molar-refractivity contribution is 5.97. The zero-order valence-electron chi connectivity index (χ0n) is 12.9. The van der Waals surface area contributed by atoms with Crippen molar-refractivity contribution in [3.05, 3.63) is 35.9 Å². The van der Waals surface area contributed by atoms with Gasteiger partial charge in [0.1, 0.15) is 0 Å². The first kappa shape index (κ1) is 14.8. The van der Waals surface area contributed by atoms with Gasteiger partial charge in [-0.25, -0.2) is 0 Å². The number of ketones is 1. The minimum absolute atomic E-state index is 0.127. The van der Waals surface area contributed by atoms with E-state index < -0.39 is 0 Å². The average molecular weight is 271 g/mol. The summed E-state index contributed by atoms with van der Waals surface area (Å²) in [6, 6.07) is 8.27. The van der Waals surface area contributed by atoms with E-state index in [4.69, 9.17) is 0 Å². The van der Waals surface area contributed by atoms with Gasteiger partial charge in [0.15, 0.2) is 5.78 Å². The number of carbonyl (C=O) groups excluding carboxylic acids is 1. The van der Waals surface area contributed by atoms with Crippen LogP contribution >= 0.6 is 0 Å². The van der Waals surface area contributed by atoms with Gasteiger partial charge in [-0.3, -0.25) is 4.79 Å². The molecule has 2 heteroatoms. The molecule has 0 atom stereocenters. The van der Waals surface area contributed by atoms with Crippen LogP contribution in [-0.2, 0) is 4.79 Å². The van der Waals surface area contributed by atoms with Crippen LogP contribution in [0.15, 0.2) is 30.3 Å². The molecule has 1 aromatic rings. The van der Waals surface area contributed by atoms with E-state index >= 15 is 0 Å². The summed E-state index contributed by atoms with van der Waals surface area (Å²) in [4.78, 5) is 14.4. The molecule has 2 nitrogen and oxygen atoms in total. The Morgan fingerprint density at radius 3 is 2.25 bits per heavy atom. The fraction of sp³-hybridized carbons (Fsp3) is 0.500. The number of anilines is 1. The van der Waals surface area contributed by atoms with Crippen molar-refractivity contribution in [2.45, 2.75) is 39.0 Å². The predicted molar refractivity (Wildman–Crippen MR) is 86.0 cm³/mol. The van der Waals surface area contributed by atoms with Gasteiger partial charge in [0.25, 0.3) is 0 Å². The van der Waals surface area contributed by atoms with E-state index in [9.17, 15) is 4.79 Å². The maximum Gasteiger partial charge on any atom is 0.161 e. The smallest absolute Gasteiger partial charge is 0.161 e. The van der Waals surface area contributed by atoms with Gasteiger partial charge in [0.2, 0.25) is 0 Å². The molecule has 0 aliphatic heterocycles. The van der Waals surface area contributed by atoms with Gasteiger partial charge < -0.3 is 4.90 Å². The largest absolute Gasteiger partial charge is 0.378 e. The zero-order valence-corrected chi connectivity index (χ0v) is 12.9. The van der Waals surface area contributed by atoms with Crippen molar-refractivity contribution in [3.8, 4) is 0 Å². The molecular weight excluding hydrogens is 246 g/mol. The number of allylic oxidation sites excluding steroid dienone is 1. The van der Waals surface area contributed by atoms with Gasteiger partial charge >= 0.3 is 0 Å². The second-order valence-corrected chi connectivity index (χ2v) is 6.30. The third kappa shape index (κ3) is 3.50. The molecule has 1 aliphatic rings. The van der Waals surface area contributed by atoms with Crippen LogP contribution in [0.3, 0.4) is 0 Å². The summed E-state index contributed by atoms with van der Waals surface area (Å²) in [7, 11) is 4.05. The molecule has 0 heterocycles. The summed E-state index contributed by atoms with van der Waals surface area (Å²) in [5, 5.41) is 0. The molecule has 1 aliphatic carbocycles. The van der Waals surface area contributed by atoms with E-state index in [1.165, 1.54) is 24.9 Å². The normalized spacial score (nSPS) is 18.1. The van der Waals surface area contributed by atoms with E-state index in [1.54, 1.807) is 6.08 Å². The fourth-order valence-corrected chi connectivity index (χ4v) is 2.84. The highest BCUT2D eigenvalue weighted by Gasteiger charge is 2.32. The molecule has 0 bridgehead atoms. The lowest BCUT2D eigenvalue weighted by atomic mass is 9.72. The van der Waals surface area contributed by atoms with Crippen molar-refractivity contribution in [1.29, 1.82) is 0 Å². The maximum absolute atomic E-state index is 12.4. The van der Waals surface area contributed by atoms with Crippen LogP contribution in [0, 0.1) is 5.41 Å². The Morgan fingerprint density at radius 1 is 1.10 bits per heavy atom. The van der Waals surface area contributed by atoms with Gasteiger partial charge in [-0.1, -0.05) is 44.4 Å². The highest BCUT2D eigenvalue weighted by Crippen LogP contribution is 2.37. The first-order valence-corrected chi connectivity index (χ1v) is 7.51. The highest BCUT2D eigenvalue weighted by atomic mass is 16.1.